The molecule has 0 amide bonds. The number of rotatable bonds is 0. The van der Waals surface area contributed by atoms with Crippen LogP contribution in [0.15, 0.2) is 12.2 Å². The van der Waals surface area contributed by atoms with E-state index in [9.17, 15) is 9.59 Å². The van der Waals surface area contributed by atoms with Gasteiger partial charge in [0.25, 0.3) is 0 Å². The van der Waals surface area contributed by atoms with Crippen molar-refractivity contribution in [1.82, 2.24) is 0 Å². The molecule has 0 unspecified atom stereocenters. The molecule has 3 aliphatic carbocycles. The molecule has 17 heavy (non-hydrogen) atoms. The molecular formula is C15H20O2. The third-order valence-corrected chi connectivity index (χ3v) is 6.06. The Morgan fingerprint density at radius 2 is 1.82 bits per heavy atom. The van der Waals surface area contributed by atoms with Crippen molar-refractivity contribution in [3.05, 3.63) is 12.2 Å². The molecule has 1 spiro atoms. The molecule has 2 fully saturated rings. The maximum Gasteiger partial charge on any atom is 0.169 e. The van der Waals surface area contributed by atoms with E-state index in [1.165, 1.54) is 0 Å². The lowest BCUT2D eigenvalue weighted by Crippen LogP contribution is -2.44. The average molecular weight is 232 g/mol. The van der Waals surface area contributed by atoms with Gasteiger partial charge in [0.15, 0.2) is 11.6 Å². The normalized spacial score (nSPS) is 50.8. The highest BCUT2D eigenvalue weighted by Gasteiger charge is 2.76. The fourth-order valence-corrected chi connectivity index (χ4v) is 5.19. The van der Waals surface area contributed by atoms with Crippen molar-refractivity contribution in [1.29, 1.82) is 0 Å². The van der Waals surface area contributed by atoms with Crippen LogP contribution in [0.4, 0.5) is 0 Å². The minimum atomic E-state index is -0.781. The van der Waals surface area contributed by atoms with Crippen LogP contribution in [0, 0.1) is 28.1 Å². The quantitative estimate of drug-likeness (QED) is 0.602. The van der Waals surface area contributed by atoms with E-state index in [0.717, 1.165) is 12.8 Å². The maximum absolute atomic E-state index is 12.7. The molecule has 2 nitrogen and oxygen atoms in total. The lowest BCUT2D eigenvalue weighted by Gasteiger charge is -2.38. The zero-order valence-corrected chi connectivity index (χ0v) is 11.0. The number of carbonyl (C=O) groups is 2. The van der Waals surface area contributed by atoms with Crippen LogP contribution in [0.25, 0.3) is 0 Å². The number of ketones is 2. The molecule has 0 radical (unpaired) electrons. The monoisotopic (exact) mass is 232 g/mol. The van der Waals surface area contributed by atoms with Crippen LogP contribution >= 0.6 is 0 Å². The zero-order chi connectivity index (χ0) is 12.6. The van der Waals surface area contributed by atoms with Gasteiger partial charge in [-0.1, -0.05) is 26.8 Å². The van der Waals surface area contributed by atoms with E-state index >= 15 is 0 Å². The maximum atomic E-state index is 12.7. The standard InChI is InChI=1S/C15H20O2/c1-9-5-6-10-13(2,3)12(17)14(4)11(16)7-8-15(9,10)14/h7-10H,5-6H2,1-4H3/t9-,10+,14+,15+/m1/s1. The fourth-order valence-electron chi connectivity index (χ4n) is 5.19. The van der Waals surface area contributed by atoms with Crippen LogP contribution in [-0.2, 0) is 9.59 Å². The van der Waals surface area contributed by atoms with Crippen molar-refractivity contribution in [2.24, 2.45) is 28.1 Å². The van der Waals surface area contributed by atoms with Crippen LogP contribution < -0.4 is 0 Å². The summed E-state index contributed by atoms with van der Waals surface area (Å²) in [6, 6.07) is 0. The van der Waals surface area contributed by atoms with Gasteiger partial charge >= 0.3 is 0 Å². The van der Waals surface area contributed by atoms with Gasteiger partial charge in [0, 0.05) is 10.8 Å². The lowest BCUT2D eigenvalue weighted by molar-refractivity contribution is -0.141. The first-order valence-corrected chi connectivity index (χ1v) is 6.58. The van der Waals surface area contributed by atoms with Crippen LogP contribution in [0.5, 0.6) is 0 Å². The molecule has 3 aliphatic rings. The van der Waals surface area contributed by atoms with Gasteiger partial charge in [-0.05, 0) is 37.7 Å². The van der Waals surface area contributed by atoms with E-state index in [1.807, 2.05) is 20.8 Å². The van der Waals surface area contributed by atoms with E-state index in [0.29, 0.717) is 11.8 Å². The Hall–Kier alpha value is -0.920. The smallest absolute Gasteiger partial charge is 0.169 e. The minimum absolute atomic E-state index is 0.0341. The van der Waals surface area contributed by atoms with E-state index in [1.54, 1.807) is 6.08 Å². The summed E-state index contributed by atoms with van der Waals surface area (Å²) in [6.45, 7) is 8.16. The van der Waals surface area contributed by atoms with Crippen LogP contribution in [0.2, 0.25) is 0 Å². The number of allylic oxidation sites excluding steroid dienone is 2. The number of hydrogen-bond donors (Lipinski definition) is 0. The second-order valence-electron chi connectivity index (χ2n) is 6.84. The van der Waals surface area contributed by atoms with Gasteiger partial charge in [0.1, 0.15) is 0 Å². The van der Waals surface area contributed by atoms with E-state index in [-0.39, 0.29) is 22.4 Å². The molecule has 92 valence electrons. The highest BCUT2D eigenvalue weighted by Crippen LogP contribution is 2.72. The molecule has 0 aromatic heterocycles. The Bertz CT molecular complexity index is 460. The summed E-state index contributed by atoms with van der Waals surface area (Å²) in [6.07, 6.45) is 5.95. The van der Waals surface area contributed by atoms with Crippen molar-refractivity contribution >= 4 is 11.6 Å². The summed E-state index contributed by atoms with van der Waals surface area (Å²) in [5.41, 5.74) is -1.32. The number of Topliss-reactive ketones (excluding diaryl/α,β-unsaturated/α-hetero) is 1. The molecule has 0 bridgehead atoms. The molecule has 0 aromatic carbocycles. The van der Waals surface area contributed by atoms with Crippen molar-refractivity contribution in [2.75, 3.05) is 0 Å². The topological polar surface area (TPSA) is 34.1 Å². The third-order valence-electron chi connectivity index (χ3n) is 6.06. The van der Waals surface area contributed by atoms with E-state index < -0.39 is 5.41 Å². The Morgan fingerprint density at radius 1 is 1.18 bits per heavy atom. The van der Waals surface area contributed by atoms with Crippen LogP contribution in [0.1, 0.15) is 40.5 Å². The van der Waals surface area contributed by atoms with E-state index in [2.05, 4.69) is 13.0 Å². The van der Waals surface area contributed by atoms with Crippen molar-refractivity contribution in [3.63, 3.8) is 0 Å². The van der Waals surface area contributed by atoms with Crippen LogP contribution in [0.3, 0.4) is 0 Å². The van der Waals surface area contributed by atoms with Gasteiger partial charge < -0.3 is 0 Å². The SMILES string of the molecule is C[C@@H]1CC[C@H]2C(C)(C)C(=O)[C@]3(C)C(=O)C=C[C@]123. The molecule has 2 heteroatoms. The minimum Gasteiger partial charge on any atom is -0.298 e. The molecule has 4 atom stereocenters. The van der Waals surface area contributed by atoms with E-state index in [4.69, 9.17) is 0 Å². The Morgan fingerprint density at radius 3 is 2.47 bits per heavy atom. The molecule has 0 heterocycles. The highest BCUT2D eigenvalue weighted by atomic mass is 16.2. The van der Waals surface area contributed by atoms with Gasteiger partial charge in [-0.2, -0.15) is 0 Å². The average Bonchev–Trinajstić information content (AvgIpc) is 2.77. The number of hydrogen-bond acceptors (Lipinski definition) is 2. The van der Waals surface area contributed by atoms with Crippen molar-refractivity contribution in [2.45, 2.75) is 40.5 Å². The van der Waals surface area contributed by atoms with Gasteiger partial charge in [-0.25, -0.2) is 0 Å². The second kappa shape index (κ2) is 2.73. The largest absolute Gasteiger partial charge is 0.298 e. The first kappa shape index (κ1) is 11.2. The first-order chi connectivity index (χ1) is 7.79. The van der Waals surface area contributed by atoms with Gasteiger partial charge in [-0.15, -0.1) is 0 Å². The summed E-state index contributed by atoms with van der Waals surface area (Å²) in [5.74, 6) is 0.972. The third kappa shape index (κ3) is 0.850. The van der Waals surface area contributed by atoms with Crippen LogP contribution in [-0.4, -0.2) is 11.6 Å². The second-order valence-corrected chi connectivity index (χ2v) is 6.84. The molecule has 3 rings (SSSR count). The molecule has 0 aliphatic heterocycles. The summed E-state index contributed by atoms with van der Waals surface area (Å²) in [4.78, 5) is 25.0. The van der Waals surface area contributed by atoms with Gasteiger partial charge in [-0.3, -0.25) is 9.59 Å². The summed E-state index contributed by atoms with van der Waals surface area (Å²) in [7, 11) is 0. The summed E-state index contributed by atoms with van der Waals surface area (Å²) in [5, 5.41) is 0. The predicted molar refractivity (Wildman–Crippen MR) is 65.4 cm³/mol. The zero-order valence-electron chi connectivity index (χ0n) is 11.0. The summed E-state index contributed by atoms with van der Waals surface area (Å²) >= 11 is 0. The lowest BCUT2D eigenvalue weighted by atomic mass is 9.61. The fraction of sp³-hybridized carbons (Fsp3) is 0.733. The Balaban J connectivity index is 2.31. The Labute approximate surface area is 102 Å². The predicted octanol–water partition coefficient (Wildman–Crippen LogP) is 2.77. The van der Waals surface area contributed by atoms with Gasteiger partial charge in [0.2, 0.25) is 0 Å². The number of carbonyl (C=O) groups excluding carboxylic acids is 2. The molecular weight excluding hydrogens is 212 g/mol. The van der Waals surface area contributed by atoms with Crippen molar-refractivity contribution < 1.29 is 9.59 Å². The molecule has 0 aromatic rings. The molecule has 0 saturated heterocycles. The summed E-state index contributed by atoms with van der Waals surface area (Å²) < 4.78 is 0. The van der Waals surface area contributed by atoms with Gasteiger partial charge in [0.05, 0.1) is 5.41 Å². The first-order valence-electron chi connectivity index (χ1n) is 6.58. The highest BCUT2D eigenvalue weighted by molar-refractivity contribution is 6.18. The molecule has 2 saturated carbocycles. The molecule has 0 N–H and O–H groups in total. The Kier molecular flexibility index (Phi) is 1.80. The van der Waals surface area contributed by atoms with Crippen molar-refractivity contribution in [3.8, 4) is 0 Å².